The minimum Gasteiger partial charge on any atom is -0.494 e. The number of aromatic nitrogens is 4. The lowest BCUT2D eigenvalue weighted by Crippen LogP contribution is -2.55. The van der Waals surface area contributed by atoms with Gasteiger partial charge in [-0.25, -0.2) is 4.68 Å². The molecule has 3 amide bonds. The summed E-state index contributed by atoms with van der Waals surface area (Å²) in [6.07, 6.45) is 4.72. The fraction of sp³-hybridized carbons (Fsp3) is 0.486. The molecule has 4 aromatic carbocycles. The van der Waals surface area contributed by atoms with E-state index < -0.39 is 34.5 Å². The first-order valence-electron chi connectivity index (χ1n) is 32.8. The number of anilines is 4. The molecule has 12 rings (SSSR count). The van der Waals surface area contributed by atoms with Crippen LogP contribution in [0.15, 0.2) is 91.5 Å². The highest BCUT2D eigenvalue weighted by Gasteiger charge is 2.46. The lowest BCUT2D eigenvalue weighted by Gasteiger charge is -2.42. The van der Waals surface area contributed by atoms with Crippen molar-refractivity contribution in [2.45, 2.75) is 103 Å². The smallest absolute Gasteiger partial charge is 0.435 e. The molecular formula is C70H81ClF3N13O7. The van der Waals surface area contributed by atoms with Crippen molar-refractivity contribution < 1.29 is 46.7 Å². The van der Waals surface area contributed by atoms with Crippen molar-refractivity contribution in [2.24, 2.45) is 28.9 Å². The van der Waals surface area contributed by atoms with E-state index in [1.807, 2.05) is 54.1 Å². The molecular weight excluding hydrogens is 1230 g/mol. The Morgan fingerprint density at radius 2 is 1.62 bits per heavy atom. The van der Waals surface area contributed by atoms with Gasteiger partial charge in [-0.2, -0.15) is 38.6 Å². The van der Waals surface area contributed by atoms with Gasteiger partial charge in [-0.3, -0.25) is 24.0 Å². The number of hydrogen-bond acceptors (Lipinski definition) is 16. The Labute approximate surface area is 550 Å². The molecule has 0 spiro atoms. The standard InChI is InChI=1S/C70H81ClF3N13O7/c1-4-61(89)86-34-33-84(41-51(86)18-25-75)67-54-24-30-82(58-11-6-9-48-8-5-10-55(71)63(48)58)42-57(54)78-68(79-67)93-43-47-21-29-83(40-47)62(90)44-94-85-31-22-46(23-32-85)36-45-19-27-81(28-20-45)26-7-35-92-52-15-12-49(13-16-52)77-56-37-50(14-17-53(56)66(76)91)87-59-38-69(2,3)39-60(88)64(59)65(80-87)70(72,73)74/h4-6,8-17,37,45-47,51,77H,1,7,18-24,26-36,38-44H2,2-3H3,(H2,76,91)/t47-,51+/m1/s1. The molecule has 2 atom stereocenters. The lowest BCUT2D eigenvalue weighted by atomic mass is 9.75. The lowest BCUT2D eigenvalue weighted by molar-refractivity contribution is -0.185. The summed E-state index contributed by atoms with van der Waals surface area (Å²) in [6, 6.07) is 26.0. The van der Waals surface area contributed by atoms with Crippen molar-refractivity contribution in [3.05, 3.63) is 130 Å². The van der Waals surface area contributed by atoms with Gasteiger partial charge >= 0.3 is 12.2 Å². The first kappa shape index (κ1) is 65.7. The number of ether oxygens (including phenoxy) is 2. The Balaban J connectivity index is 0.560. The minimum atomic E-state index is -4.83. The second kappa shape index (κ2) is 28.3. The van der Waals surface area contributed by atoms with Crippen molar-refractivity contribution in [1.82, 2.24) is 39.5 Å². The number of Topliss-reactive ketones (excluding diaryl/α,β-unsaturated/α-hetero) is 1. The number of nitrogens with one attached hydrogen (secondary N) is 1. The quantitative estimate of drug-likeness (QED) is 0.0505. The van der Waals surface area contributed by atoms with Gasteiger partial charge in [0.25, 0.3) is 11.8 Å². The molecule has 2 aromatic heterocycles. The molecule has 0 bridgehead atoms. The number of nitrogens with zero attached hydrogens (tertiary/aromatic N) is 11. The van der Waals surface area contributed by atoms with Gasteiger partial charge in [0.2, 0.25) is 5.91 Å². The Morgan fingerprint density at radius 3 is 2.35 bits per heavy atom. The van der Waals surface area contributed by atoms with E-state index in [9.17, 15) is 37.6 Å². The predicted molar refractivity (Wildman–Crippen MR) is 351 cm³/mol. The number of fused-ring (bicyclic) bond motifs is 3. The van der Waals surface area contributed by atoms with Crippen LogP contribution in [0.4, 0.5) is 36.1 Å². The summed E-state index contributed by atoms with van der Waals surface area (Å²) < 4.78 is 56.3. The van der Waals surface area contributed by atoms with Crippen molar-refractivity contribution in [3.63, 3.8) is 0 Å². The van der Waals surface area contributed by atoms with Crippen LogP contribution in [0, 0.1) is 34.5 Å². The van der Waals surface area contributed by atoms with E-state index in [-0.39, 0.29) is 78.3 Å². The molecule has 3 N–H and O–H groups in total. The molecule has 4 saturated heterocycles. The third-order valence-corrected chi connectivity index (χ3v) is 19.8. The zero-order valence-corrected chi connectivity index (χ0v) is 54.1. The van der Waals surface area contributed by atoms with E-state index in [2.05, 4.69) is 56.0 Å². The van der Waals surface area contributed by atoms with Gasteiger partial charge in [0.15, 0.2) is 11.5 Å². The van der Waals surface area contributed by atoms with Gasteiger partial charge in [-0.1, -0.05) is 56.3 Å². The highest BCUT2D eigenvalue weighted by molar-refractivity contribution is 6.36. The molecule has 94 heavy (non-hydrogen) atoms. The van der Waals surface area contributed by atoms with Gasteiger partial charge in [0.1, 0.15) is 18.2 Å². The molecule has 0 unspecified atom stereocenters. The number of ketones is 1. The number of hydrogen-bond donors (Lipinski definition) is 2. The highest BCUT2D eigenvalue weighted by Crippen LogP contribution is 2.43. The summed E-state index contributed by atoms with van der Waals surface area (Å²) in [5.41, 5.74) is 7.86. The number of alkyl halides is 3. The van der Waals surface area contributed by atoms with Gasteiger partial charge in [0.05, 0.1) is 77.2 Å². The van der Waals surface area contributed by atoms with Gasteiger partial charge in [-0.05, 0) is 154 Å². The van der Waals surface area contributed by atoms with Gasteiger partial charge in [0, 0.05) is 93.6 Å². The van der Waals surface area contributed by atoms with Crippen molar-refractivity contribution in [1.29, 1.82) is 5.26 Å². The fourth-order valence-corrected chi connectivity index (χ4v) is 14.9. The molecule has 6 aromatic rings. The van der Waals surface area contributed by atoms with Crippen LogP contribution in [0.1, 0.15) is 115 Å². The number of piperidine rings is 2. The second-order valence-corrected chi connectivity index (χ2v) is 27.1. The number of likely N-dealkylation sites (tertiary alicyclic amines) is 2. The number of halogens is 4. The van der Waals surface area contributed by atoms with E-state index in [0.29, 0.717) is 93.7 Å². The number of nitrogens with two attached hydrogens (primary N) is 1. The largest absolute Gasteiger partial charge is 0.494 e. The fourth-order valence-electron chi connectivity index (χ4n) is 14.6. The number of carbonyl (C=O) groups is 4. The summed E-state index contributed by atoms with van der Waals surface area (Å²) in [7, 11) is 0. The predicted octanol–water partition coefficient (Wildman–Crippen LogP) is 10.6. The summed E-state index contributed by atoms with van der Waals surface area (Å²) in [5, 5.41) is 21.6. The Kier molecular flexibility index (Phi) is 19.8. The SMILES string of the molecule is C=CC(=O)N1CCN(c2nc(OC[C@@H]3CCN(C(=O)CON4CCC(CC5CCN(CCCOc6ccc(Nc7cc(-n8nc(C(F)(F)F)c9c8CC(C)(C)CC9=O)ccc7C(N)=O)cc6)CC5)CC4)C3)nc3c2CCN(c2cccc4cccc(Cl)c24)C3)C[C@@H]1CC#N. The maximum absolute atomic E-state index is 14.2. The second-order valence-electron chi connectivity index (χ2n) is 26.7. The molecule has 0 radical (unpaired) electrons. The van der Waals surface area contributed by atoms with Crippen LogP contribution in [-0.2, 0) is 40.0 Å². The number of amides is 3. The van der Waals surface area contributed by atoms with Crippen LogP contribution in [-0.4, -0.2) is 161 Å². The summed E-state index contributed by atoms with van der Waals surface area (Å²) in [6.45, 7) is 16.6. The number of benzene rings is 4. The Hall–Kier alpha value is -8.30. The molecule has 4 fully saturated rings. The van der Waals surface area contributed by atoms with Gasteiger partial charge in [-0.15, -0.1) is 0 Å². The van der Waals surface area contributed by atoms with E-state index >= 15 is 0 Å². The normalized spacial score (nSPS) is 19.8. The number of hydroxylamine groups is 2. The number of primary amides is 1. The average molecular weight is 1310 g/mol. The topological polar surface area (TPSA) is 221 Å². The molecule has 496 valence electrons. The van der Waals surface area contributed by atoms with Crippen LogP contribution in [0.5, 0.6) is 11.8 Å². The monoisotopic (exact) mass is 1310 g/mol. The third-order valence-electron chi connectivity index (χ3n) is 19.5. The van der Waals surface area contributed by atoms with Crippen molar-refractivity contribution in [3.8, 4) is 23.5 Å². The first-order chi connectivity index (χ1) is 45.3. The van der Waals surface area contributed by atoms with Crippen LogP contribution in [0.25, 0.3) is 16.5 Å². The Morgan fingerprint density at radius 1 is 0.872 bits per heavy atom. The van der Waals surface area contributed by atoms with Crippen LogP contribution < -0.4 is 30.3 Å². The van der Waals surface area contributed by atoms with Crippen molar-refractivity contribution >= 4 is 68.8 Å². The number of rotatable bonds is 21. The molecule has 24 heteroatoms. The van der Waals surface area contributed by atoms with E-state index in [0.717, 1.165) is 109 Å². The first-order valence-corrected chi connectivity index (χ1v) is 33.2. The van der Waals surface area contributed by atoms with E-state index in [1.54, 1.807) is 17.0 Å². The summed E-state index contributed by atoms with van der Waals surface area (Å²) in [4.78, 5) is 78.7. The summed E-state index contributed by atoms with van der Waals surface area (Å²) >= 11 is 6.81. The molecule has 1 aliphatic carbocycles. The van der Waals surface area contributed by atoms with Crippen LogP contribution >= 0.6 is 11.6 Å². The number of piperazine rings is 1. The van der Waals surface area contributed by atoms with Gasteiger partial charge < -0.3 is 45.0 Å². The molecule has 7 heterocycles. The van der Waals surface area contributed by atoms with E-state index in [1.165, 1.54) is 30.7 Å². The molecule has 20 nitrogen and oxygen atoms in total. The minimum absolute atomic E-state index is 0.000401. The number of nitriles is 1. The molecule has 6 aliphatic rings. The molecule has 0 saturated carbocycles. The highest BCUT2D eigenvalue weighted by atomic mass is 35.5. The maximum Gasteiger partial charge on any atom is 0.435 e. The Bertz CT molecular complexity index is 3840. The van der Waals surface area contributed by atoms with Crippen molar-refractivity contribution in [2.75, 3.05) is 107 Å². The summed E-state index contributed by atoms with van der Waals surface area (Å²) in [5.74, 6) is 1.25. The zero-order chi connectivity index (χ0) is 65.8. The van der Waals surface area contributed by atoms with Crippen LogP contribution in [0.3, 0.4) is 0 Å². The molecule has 5 aliphatic heterocycles. The third kappa shape index (κ3) is 14.9. The number of carbonyl (C=O) groups excluding carboxylic acids is 4. The van der Waals surface area contributed by atoms with Crippen LogP contribution in [0.2, 0.25) is 5.02 Å². The van der Waals surface area contributed by atoms with E-state index in [4.69, 9.17) is 41.6 Å². The maximum atomic E-state index is 14.2. The average Bonchev–Trinajstić information content (AvgIpc) is 1.52. The zero-order valence-electron chi connectivity index (χ0n) is 53.4.